The summed E-state index contributed by atoms with van der Waals surface area (Å²) in [5, 5.41) is 5.51. The minimum atomic E-state index is -0.494. The summed E-state index contributed by atoms with van der Waals surface area (Å²) >= 11 is 9.03. The lowest BCUT2D eigenvalue weighted by Crippen LogP contribution is -2.34. The van der Waals surface area contributed by atoms with Gasteiger partial charge < -0.3 is 15.4 Å². The monoisotopic (exact) mass is 334 g/mol. The zero-order valence-electron chi connectivity index (χ0n) is 9.63. The SMILES string of the molecule is CCOC(=O)CNC(=O)Nc1ccc(Cl)cc1Br. The third kappa shape index (κ3) is 4.93. The Morgan fingerprint density at radius 2 is 2.17 bits per heavy atom. The number of hydrogen-bond acceptors (Lipinski definition) is 3. The van der Waals surface area contributed by atoms with Gasteiger partial charge in [0.2, 0.25) is 0 Å². The molecular weight excluding hydrogens is 323 g/mol. The van der Waals surface area contributed by atoms with E-state index in [1.54, 1.807) is 25.1 Å². The van der Waals surface area contributed by atoms with Crippen LogP contribution in [0.4, 0.5) is 10.5 Å². The molecule has 0 saturated carbocycles. The summed E-state index contributed by atoms with van der Waals surface area (Å²) in [6.07, 6.45) is 0. The molecule has 0 unspecified atom stereocenters. The van der Waals surface area contributed by atoms with Crippen LogP contribution < -0.4 is 10.6 Å². The van der Waals surface area contributed by atoms with E-state index in [2.05, 4.69) is 31.3 Å². The summed E-state index contributed by atoms with van der Waals surface area (Å²) in [4.78, 5) is 22.5. The highest BCUT2D eigenvalue weighted by Gasteiger charge is 2.08. The van der Waals surface area contributed by atoms with Crippen molar-refractivity contribution in [3.63, 3.8) is 0 Å². The third-order valence-corrected chi connectivity index (χ3v) is 2.77. The van der Waals surface area contributed by atoms with E-state index in [4.69, 9.17) is 11.6 Å². The summed E-state index contributed by atoms with van der Waals surface area (Å²) in [6.45, 7) is 1.80. The number of benzene rings is 1. The van der Waals surface area contributed by atoms with Gasteiger partial charge in [0.1, 0.15) is 6.54 Å². The lowest BCUT2D eigenvalue weighted by atomic mass is 10.3. The first kappa shape index (κ1) is 14.8. The van der Waals surface area contributed by atoms with Gasteiger partial charge in [0.15, 0.2) is 0 Å². The molecule has 0 spiro atoms. The molecule has 0 aliphatic heterocycles. The second kappa shape index (κ2) is 7.23. The fourth-order valence-corrected chi connectivity index (χ4v) is 1.90. The largest absolute Gasteiger partial charge is 0.465 e. The van der Waals surface area contributed by atoms with Crippen LogP contribution in [0.15, 0.2) is 22.7 Å². The number of amides is 2. The van der Waals surface area contributed by atoms with Gasteiger partial charge in [-0.3, -0.25) is 4.79 Å². The Hall–Kier alpha value is -1.27. The van der Waals surface area contributed by atoms with Crippen LogP contribution in [0.5, 0.6) is 0 Å². The lowest BCUT2D eigenvalue weighted by molar-refractivity contribution is -0.141. The van der Waals surface area contributed by atoms with E-state index < -0.39 is 12.0 Å². The maximum absolute atomic E-state index is 11.5. The molecule has 1 rings (SSSR count). The van der Waals surface area contributed by atoms with E-state index in [9.17, 15) is 9.59 Å². The van der Waals surface area contributed by atoms with Crippen molar-refractivity contribution in [2.75, 3.05) is 18.5 Å². The van der Waals surface area contributed by atoms with Gasteiger partial charge in [-0.15, -0.1) is 0 Å². The van der Waals surface area contributed by atoms with E-state index in [1.807, 2.05) is 0 Å². The van der Waals surface area contributed by atoms with Crippen molar-refractivity contribution in [3.05, 3.63) is 27.7 Å². The zero-order valence-corrected chi connectivity index (χ0v) is 12.0. The van der Waals surface area contributed by atoms with E-state index in [1.165, 1.54) is 0 Å². The highest BCUT2D eigenvalue weighted by Crippen LogP contribution is 2.25. The fourth-order valence-electron chi connectivity index (χ4n) is 1.12. The Kier molecular flexibility index (Phi) is 5.94. The van der Waals surface area contributed by atoms with Gasteiger partial charge in [0.25, 0.3) is 0 Å². The van der Waals surface area contributed by atoms with Crippen LogP contribution in [0, 0.1) is 0 Å². The first-order chi connectivity index (χ1) is 8.52. The van der Waals surface area contributed by atoms with Crippen molar-refractivity contribution < 1.29 is 14.3 Å². The average Bonchev–Trinajstić information content (AvgIpc) is 2.31. The molecule has 2 amide bonds. The highest BCUT2D eigenvalue weighted by atomic mass is 79.9. The smallest absolute Gasteiger partial charge is 0.325 e. The van der Waals surface area contributed by atoms with Gasteiger partial charge in [0.05, 0.1) is 12.3 Å². The van der Waals surface area contributed by atoms with E-state index in [0.29, 0.717) is 15.2 Å². The van der Waals surface area contributed by atoms with Crippen LogP contribution in [-0.4, -0.2) is 25.2 Å². The molecule has 0 fully saturated rings. The molecule has 0 aliphatic carbocycles. The number of ether oxygens (including phenoxy) is 1. The van der Waals surface area contributed by atoms with Gasteiger partial charge in [-0.05, 0) is 41.1 Å². The zero-order chi connectivity index (χ0) is 13.5. The van der Waals surface area contributed by atoms with Crippen LogP contribution in [-0.2, 0) is 9.53 Å². The topological polar surface area (TPSA) is 67.4 Å². The molecule has 18 heavy (non-hydrogen) atoms. The minimum Gasteiger partial charge on any atom is -0.465 e. The molecule has 2 N–H and O–H groups in total. The molecule has 0 atom stereocenters. The van der Waals surface area contributed by atoms with Gasteiger partial charge in [-0.1, -0.05) is 11.6 Å². The quantitative estimate of drug-likeness (QED) is 0.831. The Morgan fingerprint density at radius 3 is 2.78 bits per heavy atom. The summed E-state index contributed by atoms with van der Waals surface area (Å²) in [5.74, 6) is -0.483. The van der Waals surface area contributed by atoms with E-state index >= 15 is 0 Å². The van der Waals surface area contributed by atoms with Crippen molar-refractivity contribution in [2.24, 2.45) is 0 Å². The fraction of sp³-hybridized carbons (Fsp3) is 0.273. The number of rotatable bonds is 4. The van der Waals surface area contributed by atoms with Crippen LogP contribution in [0.1, 0.15) is 6.92 Å². The standard InChI is InChI=1S/C11H12BrClN2O3/c1-2-18-10(16)6-14-11(17)15-9-4-3-7(13)5-8(9)12/h3-5H,2,6H2,1H3,(H2,14,15,17). The number of halogens is 2. The Balaban J connectivity index is 2.47. The summed E-state index contributed by atoms with van der Waals surface area (Å²) < 4.78 is 5.33. The Morgan fingerprint density at radius 1 is 1.44 bits per heavy atom. The van der Waals surface area contributed by atoms with Crippen molar-refractivity contribution in [2.45, 2.75) is 6.92 Å². The summed E-state index contributed by atoms with van der Waals surface area (Å²) in [7, 11) is 0. The Bertz CT molecular complexity index is 454. The second-order valence-electron chi connectivity index (χ2n) is 3.24. The van der Waals surface area contributed by atoms with Gasteiger partial charge in [-0.25, -0.2) is 4.79 Å². The molecule has 0 aromatic heterocycles. The molecule has 7 heteroatoms. The van der Waals surface area contributed by atoms with E-state index in [-0.39, 0.29) is 13.2 Å². The maximum Gasteiger partial charge on any atom is 0.325 e. The molecule has 1 aromatic rings. The summed E-state index contributed by atoms with van der Waals surface area (Å²) in [6, 6.07) is 4.46. The van der Waals surface area contributed by atoms with E-state index in [0.717, 1.165) is 0 Å². The Labute approximate surface area is 118 Å². The molecule has 5 nitrogen and oxygen atoms in total. The molecule has 0 heterocycles. The molecular formula is C11H12BrClN2O3. The number of anilines is 1. The third-order valence-electron chi connectivity index (χ3n) is 1.88. The first-order valence-corrected chi connectivity index (χ1v) is 6.35. The normalized spacial score (nSPS) is 9.72. The molecule has 0 bridgehead atoms. The van der Waals surface area contributed by atoms with Gasteiger partial charge in [0, 0.05) is 9.50 Å². The van der Waals surface area contributed by atoms with Crippen LogP contribution in [0.25, 0.3) is 0 Å². The van der Waals surface area contributed by atoms with Gasteiger partial charge in [-0.2, -0.15) is 0 Å². The highest BCUT2D eigenvalue weighted by molar-refractivity contribution is 9.10. The summed E-state index contributed by atoms with van der Waals surface area (Å²) in [5.41, 5.74) is 0.556. The van der Waals surface area contributed by atoms with Crippen LogP contribution >= 0.6 is 27.5 Å². The van der Waals surface area contributed by atoms with Crippen LogP contribution in [0.3, 0.4) is 0 Å². The number of urea groups is 1. The van der Waals surface area contributed by atoms with Crippen molar-refractivity contribution >= 4 is 45.2 Å². The lowest BCUT2D eigenvalue weighted by Gasteiger charge is -2.09. The van der Waals surface area contributed by atoms with Crippen molar-refractivity contribution in [3.8, 4) is 0 Å². The number of hydrogen-bond donors (Lipinski definition) is 2. The molecule has 0 radical (unpaired) electrons. The number of carbonyl (C=O) groups is 2. The van der Waals surface area contributed by atoms with Crippen LogP contribution in [0.2, 0.25) is 5.02 Å². The molecule has 0 saturated heterocycles. The molecule has 98 valence electrons. The second-order valence-corrected chi connectivity index (χ2v) is 4.53. The molecule has 1 aromatic carbocycles. The maximum atomic E-state index is 11.5. The van der Waals surface area contributed by atoms with Gasteiger partial charge >= 0.3 is 12.0 Å². The number of esters is 1. The first-order valence-electron chi connectivity index (χ1n) is 5.18. The average molecular weight is 336 g/mol. The predicted molar refractivity (Wildman–Crippen MR) is 72.8 cm³/mol. The predicted octanol–water partition coefficient (Wildman–Crippen LogP) is 2.79. The number of nitrogens with one attached hydrogen (secondary N) is 2. The molecule has 0 aliphatic rings. The van der Waals surface area contributed by atoms with Crippen molar-refractivity contribution in [1.29, 1.82) is 0 Å². The van der Waals surface area contributed by atoms with Crippen molar-refractivity contribution in [1.82, 2.24) is 5.32 Å². The minimum absolute atomic E-state index is 0.176. The number of carbonyl (C=O) groups excluding carboxylic acids is 2.